The summed E-state index contributed by atoms with van der Waals surface area (Å²) in [7, 11) is 1.29. The van der Waals surface area contributed by atoms with E-state index in [0.717, 1.165) is 10.8 Å². The molecule has 0 radical (unpaired) electrons. The van der Waals surface area contributed by atoms with Gasteiger partial charge < -0.3 is 19.5 Å². The molecule has 29 heavy (non-hydrogen) atoms. The number of hydrogen-bond acceptors (Lipinski definition) is 5. The van der Waals surface area contributed by atoms with Crippen molar-refractivity contribution in [1.82, 2.24) is 0 Å². The van der Waals surface area contributed by atoms with Gasteiger partial charge in [-0.3, -0.25) is 4.79 Å². The molecule has 1 amide bonds. The van der Waals surface area contributed by atoms with Gasteiger partial charge in [-0.1, -0.05) is 42.5 Å². The molecule has 0 bridgehead atoms. The largest absolute Gasteiger partial charge is 0.466 e. The monoisotopic (exact) mass is 389 g/mol. The Hall–Kier alpha value is -3.80. The molecule has 1 aliphatic heterocycles. The van der Waals surface area contributed by atoms with E-state index in [-0.39, 0.29) is 24.7 Å². The van der Waals surface area contributed by atoms with Crippen LogP contribution in [0.2, 0.25) is 0 Å². The Labute approximate surface area is 167 Å². The number of benzene rings is 3. The van der Waals surface area contributed by atoms with E-state index >= 15 is 0 Å². The number of anilines is 1. The molecule has 0 saturated heterocycles. The molecule has 0 aliphatic carbocycles. The Morgan fingerprint density at radius 1 is 1.03 bits per heavy atom. The Balaban J connectivity index is 1.56. The van der Waals surface area contributed by atoms with Gasteiger partial charge in [0, 0.05) is 16.6 Å². The van der Waals surface area contributed by atoms with E-state index in [0.29, 0.717) is 22.7 Å². The summed E-state index contributed by atoms with van der Waals surface area (Å²) in [6.45, 7) is 0.166. The summed E-state index contributed by atoms with van der Waals surface area (Å²) in [4.78, 5) is 24.9. The standard InChI is InChI=1S/C23H19NO5/c1-27-23(26)17(11-15-9-10-20-21(12-15)29-14-28-20)13-22(25)24-19-8-4-6-16-5-2-3-7-18(16)19/h2-12H,13-14H2,1H3,(H,24,25)/b17-11+. The molecule has 3 aromatic rings. The van der Waals surface area contributed by atoms with Crippen LogP contribution < -0.4 is 14.8 Å². The second-order valence-electron chi connectivity index (χ2n) is 6.53. The van der Waals surface area contributed by atoms with Crippen molar-refractivity contribution in [2.45, 2.75) is 6.42 Å². The van der Waals surface area contributed by atoms with Crippen molar-refractivity contribution in [3.05, 3.63) is 71.8 Å². The number of rotatable bonds is 5. The van der Waals surface area contributed by atoms with Gasteiger partial charge in [0.1, 0.15) is 0 Å². The van der Waals surface area contributed by atoms with E-state index in [1.165, 1.54) is 7.11 Å². The number of esters is 1. The first kappa shape index (κ1) is 18.6. The van der Waals surface area contributed by atoms with Crippen LogP contribution in [-0.2, 0) is 14.3 Å². The number of hydrogen-bond donors (Lipinski definition) is 1. The van der Waals surface area contributed by atoms with Gasteiger partial charge in [0.2, 0.25) is 12.7 Å². The van der Waals surface area contributed by atoms with E-state index in [1.807, 2.05) is 42.5 Å². The Kier molecular flexibility index (Phi) is 5.16. The van der Waals surface area contributed by atoms with Crippen LogP contribution in [0, 0.1) is 0 Å². The zero-order valence-electron chi connectivity index (χ0n) is 15.8. The van der Waals surface area contributed by atoms with Crippen LogP contribution in [0.15, 0.2) is 66.2 Å². The van der Waals surface area contributed by atoms with Crippen LogP contribution in [0.3, 0.4) is 0 Å². The fourth-order valence-corrected chi connectivity index (χ4v) is 3.22. The third-order valence-electron chi connectivity index (χ3n) is 4.60. The van der Waals surface area contributed by atoms with E-state index in [1.54, 1.807) is 24.3 Å². The van der Waals surface area contributed by atoms with Gasteiger partial charge in [-0.15, -0.1) is 0 Å². The molecule has 1 heterocycles. The lowest BCUT2D eigenvalue weighted by Gasteiger charge is -2.10. The molecule has 0 atom stereocenters. The average molecular weight is 389 g/mol. The minimum absolute atomic E-state index is 0.121. The lowest BCUT2D eigenvalue weighted by Crippen LogP contribution is -2.16. The predicted octanol–water partition coefficient (Wildman–Crippen LogP) is 4.15. The van der Waals surface area contributed by atoms with Crippen LogP contribution in [-0.4, -0.2) is 25.8 Å². The summed E-state index contributed by atoms with van der Waals surface area (Å²) in [6, 6.07) is 18.8. The number of amides is 1. The fourth-order valence-electron chi connectivity index (χ4n) is 3.22. The molecule has 6 nitrogen and oxygen atoms in total. The fraction of sp³-hybridized carbons (Fsp3) is 0.130. The highest BCUT2D eigenvalue weighted by molar-refractivity contribution is 6.06. The summed E-state index contributed by atoms with van der Waals surface area (Å²) in [5.41, 5.74) is 1.65. The zero-order valence-corrected chi connectivity index (χ0v) is 15.8. The molecule has 6 heteroatoms. The summed E-state index contributed by atoms with van der Waals surface area (Å²) in [6.07, 6.45) is 1.50. The van der Waals surface area contributed by atoms with Crippen LogP contribution in [0.4, 0.5) is 5.69 Å². The van der Waals surface area contributed by atoms with Crippen molar-refractivity contribution >= 4 is 34.4 Å². The normalized spacial score (nSPS) is 12.7. The molecule has 0 unspecified atom stereocenters. The highest BCUT2D eigenvalue weighted by atomic mass is 16.7. The molecular formula is C23H19NO5. The summed E-state index contributed by atoms with van der Waals surface area (Å²) in [5.74, 6) is 0.383. The van der Waals surface area contributed by atoms with E-state index in [4.69, 9.17) is 14.2 Å². The summed E-state index contributed by atoms with van der Waals surface area (Å²) < 4.78 is 15.5. The van der Waals surface area contributed by atoms with E-state index < -0.39 is 5.97 Å². The zero-order chi connectivity index (χ0) is 20.2. The Morgan fingerprint density at radius 2 is 1.83 bits per heavy atom. The van der Waals surface area contributed by atoms with Gasteiger partial charge in [0.15, 0.2) is 11.5 Å². The van der Waals surface area contributed by atoms with Gasteiger partial charge in [-0.25, -0.2) is 4.79 Å². The summed E-state index contributed by atoms with van der Waals surface area (Å²) >= 11 is 0. The molecule has 146 valence electrons. The number of fused-ring (bicyclic) bond motifs is 2. The van der Waals surface area contributed by atoms with Crippen molar-refractivity contribution in [2.75, 3.05) is 19.2 Å². The van der Waals surface area contributed by atoms with Crippen molar-refractivity contribution in [1.29, 1.82) is 0 Å². The Bertz CT molecular complexity index is 1110. The third-order valence-corrected chi connectivity index (χ3v) is 4.60. The minimum atomic E-state index is -0.560. The first-order valence-electron chi connectivity index (χ1n) is 9.10. The number of nitrogens with one attached hydrogen (secondary N) is 1. The highest BCUT2D eigenvalue weighted by Gasteiger charge is 2.17. The van der Waals surface area contributed by atoms with Crippen LogP contribution in [0.25, 0.3) is 16.8 Å². The molecule has 0 saturated carbocycles. The van der Waals surface area contributed by atoms with Gasteiger partial charge in [0.25, 0.3) is 0 Å². The SMILES string of the molecule is COC(=O)/C(=C/c1ccc2c(c1)OCO2)CC(=O)Nc1cccc2ccccc12. The lowest BCUT2D eigenvalue weighted by molar-refractivity contribution is -0.136. The van der Waals surface area contributed by atoms with Crippen molar-refractivity contribution in [2.24, 2.45) is 0 Å². The number of carbonyl (C=O) groups excluding carboxylic acids is 2. The average Bonchev–Trinajstić information content (AvgIpc) is 3.21. The van der Waals surface area contributed by atoms with Crippen LogP contribution in [0.1, 0.15) is 12.0 Å². The molecule has 0 spiro atoms. The van der Waals surface area contributed by atoms with Gasteiger partial charge >= 0.3 is 5.97 Å². The highest BCUT2D eigenvalue weighted by Crippen LogP contribution is 2.33. The first-order chi connectivity index (χ1) is 14.1. The third kappa shape index (κ3) is 4.06. The number of ether oxygens (including phenoxy) is 3. The Morgan fingerprint density at radius 3 is 2.69 bits per heavy atom. The minimum Gasteiger partial charge on any atom is -0.466 e. The first-order valence-corrected chi connectivity index (χ1v) is 9.10. The molecule has 4 rings (SSSR count). The summed E-state index contributed by atoms with van der Waals surface area (Å²) in [5, 5.41) is 4.85. The van der Waals surface area contributed by atoms with Crippen LogP contribution in [0.5, 0.6) is 11.5 Å². The molecule has 1 aliphatic rings. The second kappa shape index (κ2) is 8.06. The maximum absolute atomic E-state index is 12.7. The molecule has 1 N–H and O–H groups in total. The van der Waals surface area contributed by atoms with E-state index in [9.17, 15) is 9.59 Å². The number of methoxy groups -OCH3 is 1. The maximum Gasteiger partial charge on any atom is 0.334 e. The molecule has 0 fully saturated rings. The van der Waals surface area contributed by atoms with Crippen LogP contribution >= 0.6 is 0 Å². The van der Waals surface area contributed by atoms with Crippen molar-refractivity contribution in [3.8, 4) is 11.5 Å². The topological polar surface area (TPSA) is 73.9 Å². The second-order valence-corrected chi connectivity index (χ2v) is 6.53. The van der Waals surface area contributed by atoms with Crippen molar-refractivity contribution in [3.63, 3.8) is 0 Å². The molecular weight excluding hydrogens is 370 g/mol. The van der Waals surface area contributed by atoms with E-state index in [2.05, 4.69) is 5.32 Å². The smallest absolute Gasteiger partial charge is 0.334 e. The maximum atomic E-state index is 12.7. The number of carbonyl (C=O) groups is 2. The van der Waals surface area contributed by atoms with Gasteiger partial charge in [-0.2, -0.15) is 0 Å². The van der Waals surface area contributed by atoms with Crippen molar-refractivity contribution < 1.29 is 23.8 Å². The predicted molar refractivity (Wildman–Crippen MR) is 110 cm³/mol. The lowest BCUT2D eigenvalue weighted by atomic mass is 10.1. The van der Waals surface area contributed by atoms with Gasteiger partial charge in [-0.05, 0) is 35.2 Å². The quantitative estimate of drug-likeness (QED) is 0.524. The van der Waals surface area contributed by atoms with Gasteiger partial charge in [0.05, 0.1) is 13.5 Å². The molecule has 0 aromatic heterocycles. The molecule has 3 aromatic carbocycles.